The molecule has 0 aromatic carbocycles. The number of carbonyl (C=O) groups is 2. The van der Waals surface area contributed by atoms with Crippen LogP contribution in [-0.2, 0) is 9.59 Å². The molecule has 0 unspecified atom stereocenters. The summed E-state index contributed by atoms with van der Waals surface area (Å²) in [5, 5.41) is 2.78. The third-order valence-corrected chi connectivity index (χ3v) is 2.22. The van der Waals surface area contributed by atoms with Crippen molar-refractivity contribution in [2.24, 2.45) is 0 Å². The first-order valence-corrected chi connectivity index (χ1v) is 5.53. The summed E-state index contributed by atoms with van der Waals surface area (Å²) in [4.78, 5) is 26.3. The van der Waals surface area contributed by atoms with Crippen molar-refractivity contribution in [2.75, 3.05) is 33.7 Å². The molecule has 0 bridgehead atoms. The van der Waals surface area contributed by atoms with Crippen molar-refractivity contribution in [2.45, 2.75) is 26.8 Å². The monoisotopic (exact) mass is 229 g/mol. The van der Waals surface area contributed by atoms with Crippen LogP contribution in [0.4, 0.5) is 0 Å². The van der Waals surface area contributed by atoms with E-state index >= 15 is 0 Å². The van der Waals surface area contributed by atoms with Gasteiger partial charge in [-0.2, -0.15) is 0 Å². The van der Waals surface area contributed by atoms with E-state index in [2.05, 4.69) is 5.32 Å². The van der Waals surface area contributed by atoms with E-state index < -0.39 is 0 Å². The van der Waals surface area contributed by atoms with E-state index in [0.29, 0.717) is 6.54 Å². The molecule has 5 nitrogen and oxygen atoms in total. The molecular weight excluding hydrogens is 206 g/mol. The maximum Gasteiger partial charge on any atom is 0.239 e. The first-order chi connectivity index (χ1) is 7.34. The Morgan fingerprint density at radius 2 is 1.81 bits per heavy atom. The predicted octanol–water partition coefficient (Wildman–Crippen LogP) is -0.0789. The van der Waals surface area contributed by atoms with Crippen LogP contribution in [0.5, 0.6) is 0 Å². The van der Waals surface area contributed by atoms with Gasteiger partial charge in [-0.3, -0.25) is 9.59 Å². The summed E-state index contributed by atoms with van der Waals surface area (Å²) < 4.78 is 0. The van der Waals surface area contributed by atoms with Crippen molar-refractivity contribution in [1.29, 1.82) is 0 Å². The van der Waals surface area contributed by atoms with Crippen LogP contribution in [0, 0.1) is 0 Å². The average molecular weight is 229 g/mol. The molecule has 1 N–H and O–H groups in total. The minimum Gasteiger partial charge on any atom is -0.353 e. The van der Waals surface area contributed by atoms with Gasteiger partial charge in [0, 0.05) is 26.1 Å². The highest BCUT2D eigenvalue weighted by Crippen LogP contribution is 1.97. The van der Waals surface area contributed by atoms with Gasteiger partial charge in [-0.1, -0.05) is 0 Å². The van der Waals surface area contributed by atoms with Gasteiger partial charge >= 0.3 is 0 Å². The molecule has 2 amide bonds. The third kappa shape index (κ3) is 6.40. The number of rotatable bonds is 6. The second kappa shape index (κ2) is 7.22. The van der Waals surface area contributed by atoms with Crippen molar-refractivity contribution in [1.82, 2.24) is 15.1 Å². The molecule has 16 heavy (non-hydrogen) atoms. The standard InChI is InChI=1S/C11H23N3O2/c1-9(2)14(10(3)15)8-11(16)12-6-7-13(4)5/h9H,6-8H2,1-5H3,(H,12,16). The Morgan fingerprint density at radius 3 is 2.19 bits per heavy atom. The molecule has 0 aromatic rings. The van der Waals surface area contributed by atoms with E-state index in [1.165, 1.54) is 6.92 Å². The summed E-state index contributed by atoms with van der Waals surface area (Å²) in [5.74, 6) is -0.177. The largest absolute Gasteiger partial charge is 0.353 e. The number of nitrogens with one attached hydrogen (secondary N) is 1. The van der Waals surface area contributed by atoms with Crippen LogP contribution in [0.1, 0.15) is 20.8 Å². The molecule has 0 spiro atoms. The summed E-state index contributed by atoms with van der Waals surface area (Å²) in [6.07, 6.45) is 0. The lowest BCUT2D eigenvalue weighted by Crippen LogP contribution is -2.44. The van der Waals surface area contributed by atoms with Crippen molar-refractivity contribution in [3.05, 3.63) is 0 Å². The molecule has 0 rings (SSSR count). The minimum absolute atomic E-state index is 0.0529. The van der Waals surface area contributed by atoms with Crippen LogP contribution in [0.15, 0.2) is 0 Å². The summed E-state index contributed by atoms with van der Waals surface area (Å²) >= 11 is 0. The molecule has 0 aliphatic heterocycles. The summed E-state index contributed by atoms with van der Waals surface area (Å²) in [6, 6.07) is 0.0529. The van der Waals surface area contributed by atoms with E-state index in [0.717, 1.165) is 6.54 Å². The minimum atomic E-state index is -0.106. The van der Waals surface area contributed by atoms with Crippen molar-refractivity contribution in [3.63, 3.8) is 0 Å². The van der Waals surface area contributed by atoms with E-state index in [4.69, 9.17) is 0 Å². The van der Waals surface area contributed by atoms with Gasteiger partial charge in [0.25, 0.3) is 0 Å². The van der Waals surface area contributed by atoms with Gasteiger partial charge in [0.05, 0.1) is 6.54 Å². The number of amides is 2. The molecule has 94 valence electrons. The number of likely N-dealkylation sites (N-methyl/N-ethyl adjacent to an activating group) is 1. The molecule has 0 aliphatic rings. The lowest BCUT2D eigenvalue weighted by molar-refractivity contribution is -0.135. The quantitative estimate of drug-likeness (QED) is 0.693. The Bertz CT molecular complexity index is 239. The van der Waals surface area contributed by atoms with E-state index in [9.17, 15) is 9.59 Å². The number of nitrogens with zero attached hydrogens (tertiary/aromatic N) is 2. The Morgan fingerprint density at radius 1 is 1.25 bits per heavy atom. The third-order valence-electron chi connectivity index (χ3n) is 2.22. The topological polar surface area (TPSA) is 52.7 Å². The van der Waals surface area contributed by atoms with Crippen LogP contribution in [0.3, 0.4) is 0 Å². The Labute approximate surface area is 97.8 Å². The predicted molar refractivity (Wildman–Crippen MR) is 64.1 cm³/mol. The molecule has 0 atom stereocenters. The van der Waals surface area contributed by atoms with Gasteiger partial charge in [0.1, 0.15) is 0 Å². The second-order valence-electron chi connectivity index (χ2n) is 4.39. The molecule has 0 fully saturated rings. The lowest BCUT2D eigenvalue weighted by atomic mass is 10.3. The summed E-state index contributed by atoms with van der Waals surface area (Å²) in [5.41, 5.74) is 0. The fourth-order valence-electron chi connectivity index (χ4n) is 1.29. The molecule has 0 aliphatic carbocycles. The van der Waals surface area contributed by atoms with Crippen LogP contribution < -0.4 is 5.32 Å². The van der Waals surface area contributed by atoms with Crippen LogP contribution >= 0.6 is 0 Å². The van der Waals surface area contributed by atoms with Gasteiger partial charge in [-0.05, 0) is 27.9 Å². The van der Waals surface area contributed by atoms with Crippen molar-refractivity contribution >= 4 is 11.8 Å². The molecule has 0 saturated carbocycles. The normalized spacial score (nSPS) is 10.7. The Hall–Kier alpha value is -1.10. The highest BCUT2D eigenvalue weighted by atomic mass is 16.2. The highest BCUT2D eigenvalue weighted by molar-refractivity contribution is 5.83. The Balaban J connectivity index is 3.97. The molecular formula is C11H23N3O2. The summed E-state index contributed by atoms with van der Waals surface area (Å²) in [7, 11) is 3.89. The fourth-order valence-corrected chi connectivity index (χ4v) is 1.29. The molecule has 0 radical (unpaired) electrons. The van der Waals surface area contributed by atoms with E-state index in [1.807, 2.05) is 32.8 Å². The van der Waals surface area contributed by atoms with Gasteiger partial charge in [-0.15, -0.1) is 0 Å². The molecule has 0 heterocycles. The maximum atomic E-state index is 11.5. The fraction of sp³-hybridized carbons (Fsp3) is 0.818. The molecule has 5 heteroatoms. The van der Waals surface area contributed by atoms with Gasteiger partial charge in [-0.25, -0.2) is 0 Å². The lowest BCUT2D eigenvalue weighted by Gasteiger charge is -2.24. The number of hydrogen-bond acceptors (Lipinski definition) is 3. The van der Waals surface area contributed by atoms with Crippen molar-refractivity contribution < 1.29 is 9.59 Å². The van der Waals surface area contributed by atoms with Gasteiger partial charge < -0.3 is 15.1 Å². The smallest absolute Gasteiger partial charge is 0.239 e. The van der Waals surface area contributed by atoms with Crippen molar-refractivity contribution in [3.8, 4) is 0 Å². The first-order valence-electron chi connectivity index (χ1n) is 5.53. The zero-order chi connectivity index (χ0) is 12.7. The maximum absolute atomic E-state index is 11.5. The van der Waals surface area contributed by atoms with Gasteiger partial charge in [0.15, 0.2) is 0 Å². The zero-order valence-corrected chi connectivity index (χ0v) is 10.9. The summed E-state index contributed by atoms with van der Waals surface area (Å²) in [6.45, 7) is 6.82. The second-order valence-corrected chi connectivity index (χ2v) is 4.39. The Kier molecular flexibility index (Phi) is 6.72. The molecule has 0 aromatic heterocycles. The SMILES string of the molecule is CC(=O)N(CC(=O)NCCN(C)C)C(C)C. The number of carbonyl (C=O) groups excluding carboxylic acids is 2. The zero-order valence-electron chi connectivity index (χ0n) is 10.9. The number of hydrogen-bond donors (Lipinski definition) is 1. The van der Waals surface area contributed by atoms with E-state index in [1.54, 1.807) is 4.90 Å². The average Bonchev–Trinajstić information content (AvgIpc) is 2.12. The van der Waals surface area contributed by atoms with E-state index in [-0.39, 0.29) is 24.4 Å². The van der Waals surface area contributed by atoms with Crippen LogP contribution in [0.25, 0.3) is 0 Å². The first kappa shape index (κ1) is 14.9. The highest BCUT2D eigenvalue weighted by Gasteiger charge is 2.15. The van der Waals surface area contributed by atoms with Gasteiger partial charge in [0.2, 0.25) is 11.8 Å². The van der Waals surface area contributed by atoms with Crippen LogP contribution in [0.2, 0.25) is 0 Å². The molecule has 0 saturated heterocycles. The van der Waals surface area contributed by atoms with Crippen LogP contribution in [-0.4, -0.2) is 61.4 Å².